The molecule has 0 aliphatic heterocycles. The highest BCUT2D eigenvalue weighted by Gasteiger charge is 2.11. The van der Waals surface area contributed by atoms with E-state index in [1.165, 1.54) is 10.9 Å². The van der Waals surface area contributed by atoms with Crippen molar-refractivity contribution in [3.05, 3.63) is 51.7 Å². The number of carbonyl (C=O) groups excluding carboxylic acids is 1. The van der Waals surface area contributed by atoms with E-state index in [0.717, 1.165) is 0 Å². The molecule has 1 N–H and O–H groups in total. The highest BCUT2D eigenvalue weighted by molar-refractivity contribution is 5.94. The lowest BCUT2D eigenvalue weighted by Crippen LogP contribution is -2.32. The van der Waals surface area contributed by atoms with Crippen molar-refractivity contribution in [2.45, 2.75) is 34.2 Å². The Hall–Kier alpha value is -2.83. The van der Waals surface area contributed by atoms with Gasteiger partial charge in [-0.25, -0.2) is 4.98 Å². The molecule has 0 radical (unpaired) electrons. The molecule has 2 rings (SSSR count). The number of hydrogen-bond donors (Lipinski definition) is 1. The van der Waals surface area contributed by atoms with Crippen LogP contribution in [0.3, 0.4) is 0 Å². The van der Waals surface area contributed by atoms with Gasteiger partial charge in [-0.1, -0.05) is 0 Å². The van der Waals surface area contributed by atoms with Crippen LogP contribution in [0.25, 0.3) is 0 Å². The highest BCUT2D eigenvalue weighted by Crippen LogP contribution is 2.28. The van der Waals surface area contributed by atoms with E-state index in [9.17, 15) is 9.59 Å². The van der Waals surface area contributed by atoms with Gasteiger partial charge in [0, 0.05) is 29.9 Å². The molecular weight excluding hydrogens is 334 g/mol. The van der Waals surface area contributed by atoms with E-state index in [0.29, 0.717) is 54.6 Å². The van der Waals surface area contributed by atoms with Crippen molar-refractivity contribution in [2.24, 2.45) is 0 Å². The quantitative estimate of drug-likeness (QED) is 0.780. The minimum Gasteiger partial charge on any atom is -0.490 e. The van der Waals surface area contributed by atoms with Crippen molar-refractivity contribution in [3.63, 3.8) is 0 Å². The standard InChI is InChI=1S/C19H25N3O4/c1-5-25-16-8-7-15(11-17(16)26-6-2)18(23)20-9-10-22-12-21-14(4)13(3)19(22)24/h7-8,11-12H,5-6,9-10H2,1-4H3,(H,20,23). The molecular formula is C19H25N3O4. The molecule has 0 spiro atoms. The first-order valence-electron chi connectivity index (χ1n) is 8.68. The Morgan fingerprint density at radius 3 is 2.54 bits per heavy atom. The lowest BCUT2D eigenvalue weighted by atomic mass is 10.2. The SMILES string of the molecule is CCOc1ccc(C(=O)NCCn2cnc(C)c(C)c2=O)cc1OCC. The van der Waals surface area contributed by atoms with Crippen LogP contribution in [0.15, 0.2) is 29.3 Å². The second kappa shape index (κ2) is 9.03. The van der Waals surface area contributed by atoms with Crippen LogP contribution < -0.4 is 20.3 Å². The summed E-state index contributed by atoms with van der Waals surface area (Å²) in [6.07, 6.45) is 1.50. The summed E-state index contributed by atoms with van der Waals surface area (Å²) in [6, 6.07) is 5.07. The van der Waals surface area contributed by atoms with Crippen molar-refractivity contribution >= 4 is 5.91 Å². The van der Waals surface area contributed by atoms with Crippen LogP contribution in [-0.2, 0) is 6.54 Å². The second-order valence-corrected chi connectivity index (χ2v) is 5.74. The molecule has 1 heterocycles. The fourth-order valence-corrected chi connectivity index (χ4v) is 2.42. The van der Waals surface area contributed by atoms with Crippen LogP contribution in [0.5, 0.6) is 11.5 Å². The topological polar surface area (TPSA) is 82.5 Å². The Kier molecular flexibility index (Phi) is 6.77. The first-order chi connectivity index (χ1) is 12.5. The van der Waals surface area contributed by atoms with E-state index >= 15 is 0 Å². The first-order valence-corrected chi connectivity index (χ1v) is 8.68. The number of nitrogens with one attached hydrogen (secondary N) is 1. The molecule has 0 unspecified atom stereocenters. The van der Waals surface area contributed by atoms with Gasteiger partial charge in [-0.15, -0.1) is 0 Å². The largest absolute Gasteiger partial charge is 0.490 e. The third-order valence-corrected chi connectivity index (χ3v) is 3.96. The van der Waals surface area contributed by atoms with Gasteiger partial charge in [0.25, 0.3) is 11.5 Å². The zero-order valence-corrected chi connectivity index (χ0v) is 15.7. The molecule has 0 fully saturated rings. The van der Waals surface area contributed by atoms with Crippen LogP contribution >= 0.6 is 0 Å². The van der Waals surface area contributed by atoms with Crippen molar-refractivity contribution in [3.8, 4) is 11.5 Å². The summed E-state index contributed by atoms with van der Waals surface area (Å²) < 4.78 is 12.5. The molecule has 0 aliphatic rings. The summed E-state index contributed by atoms with van der Waals surface area (Å²) in [5, 5.41) is 2.81. The monoisotopic (exact) mass is 359 g/mol. The normalized spacial score (nSPS) is 10.5. The number of nitrogens with zero attached hydrogens (tertiary/aromatic N) is 2. The predicted octanol–water partition coefficient (Wildman–Crippen LogP) is 2.09. The Morgan fingerprint density at radius 1 is 1.15 bits per heavy atom. The molecule has 0 atom stereocenters. The molecule has 7 heteroatoms. The number of ether oxygens (including phenoxy) is 2. The number of aryl methyl sites for hydroxylation is 1. The molecule has 2 aromatic rings. The third-order valence-electron chi connectivity index (χ3n) is 3.96. The maximum Gasteiger partial charge on any atom is 0.256 e. The molecule has 1 aromatic carbocycles. The molecule has 0 bridgehead atoms. The Labute approximate surface area is 153 Å². The fourth-order valence-electron chi connectivity index (χ4n) is 2.42. The molecule has 1 amide bonds. The lowest BCUT2D eigenvalue weighted by molar-refractivity contribution is 0.0951. The van der Waals surface area contributed by atoms with E-state index < -0.39 is 0 Å². The van der Waals surface area contributed by atoms with Crippen LogP contribution in [0.1, 0.15) is 35.5 Å². The van der Waals surface area contributed by atoms with Crippen LogP contribution in [-0.4, -0.2) is 35.2 Å². The summed E-state index contributed by atoms with van der Waals surface area (Å²) >= 11 is 0. The summed E-state index contributed by atoms with van der Waals surface area (Å²) in [7, 11) is 0. The average molecular weight is 359 g/mol. The van der Waals surface area contributed by atoms with E-state index in [1.54, 1.807) is 32.0 Å². The van der Waals surface area contributed by atoms with Gasteiger partial charge < -0.3 is 14.8 Å². The maximum atomic E-state index is 12.4. The van der Waals surface area contributed by atoms with Crippen LogP contribution in [0.4, 0.5) is 0 Å². The van der Waals surface area contributed by atoms with E-state index in [4.69, 9.17) is 9.47 Å². The van der Waals surface area contributed by atoms with Crippen molar-refractivity contribution in [2.75, 3.05) is 19.8 Å². The number of carbonyl (C=O) groups is 1. The maximum absolute atomic E-state index is 12.4. The van der Waals surface area contributed by atoms with Crippen LogP contribution in [0.2, 0.25) is 0 Å². The van der Waals surface area contributed by atoms with Crippen molar-refractivity contribution < 1.29 is 14.3 Å². The Balaban J connectivity index is 2.03. The van der Waals surface area contributed by atoms with Gasteiger partial charge in [0.1, 0.15) is 0 Å². The van der Waals surface area contributed by atoms with E-state index in [1.807, 2.05) is 13.8 Å². The Bertz CT molecular complexity index is 830. The van der Waals surface area contributed by atoms with Gasteiger partial charge in [0.15, 0.2) is 11.5 Å². The summed E-state index contributed by atoms with van der Waals surface area (Å²) in [5.41, 5.74) is 1.72. The summed E-state index contributed by atoms with van der Waals surface area (Å²) in [6.45, 7) is 8.98. The molecule has 140 valence electrons. The molecule has 0 saturated heterocycles. The van der Waals surface area contributed by atoms with E-state index in [2.05, 4.69) is 10.3 Å². The molecule has 26 heavy (non-hydrogen) atoms. The van der Waals surface area contributed by atoms with Gasteiger partial charge in [-0.3, -0.25) is 14.2 Å². The molecule has 7 nitrogen and oxygen atoms in total. The summed E-state index contributed by atoms with van der Waals surface area (Å²) in [4.78, 5) is 28.7. The van der Waals surface area contributed by atoms with Gasteiger partial charge in [-0.2, -0.15) is 0 Å². The zero-order chi connectivity index (χ0) is 19.1. The van der Waals surface area contributed by atoms with Crippen molar-refractivity contribution in [1.29, 1.82) is 0 Å². The lowest BCUT2D eigenvalue weighted by Gasteiger charge is -2.13. The smallest absolute Gasteiger partial charge is 0.256 e. The number of aromatic nitrogens is 2. The van der Waals surface area contributed by atoms with Crippen LogP contribution in [0, 0.1) is 13.8 Å². The van der Waals surface area contributed by atoms with E-state index in [-0.39, 0.29) is 11.5 Å². The fraction of sp³-hybridized carbons (Fsp3) is 0.421. The van der Waals surface area contributed by atoms with Gasteiger partial charge >= 0.3 is 0 Å². The molecule has 0 aliphatic carbocycles. The zero-order valence-electron chi connectivity index (χ0n) is 15.7. The highest BCUT2D eigenvalue weighted by atomic mass is 16.5. The minimum atomic E-state index is -0.237. The van der Waals surface area contributed by atoms with Gasteiger partial charge in [0.05, 0.1) is 19.5 Å². The number of hydrogen-bond acceptors (Lipinski definition) is 5. The minimum absolute atomic E-state index is 0.0913. The van der Waals surface area contributed by atoms with Gasteiger partial charge in [0.2, 0.25) is 0 Å². The summed E-state index contributed by atoms with van der Waals surface area (Å²) in [5.74, 6) is 0.911. The van der Waals surface area contributed by atoms with Crippen molar-refractivity contribution in [1.82, 2.24) is 14.9 Å². The second-order valence-electron chi connectivity index (χ2n) is 5.74. The third kappa shape index (κ3) is 4.62. The van der Waals surface area contributed by atoms with Gasteiger partial charge in [-0.05, 0) is 45.9 Å². The Morgan fingerprint density at radius 2 is 1.85 bits per heavy atom. The number of rotatable bonds is 8. The average Bonchev–Trinajstić information content (AvgIpc) is 2.63. The molecule has 1 aromatic heterocycles. The number of benzene rings is 1. The first kappa shape index (κ1) is 19.5. The predicted molar refractivity (Wildman–Crippen MR) is 99.1 cm³/mol. The molecule has 0 saturated carbocycles. The number of amides is 1.